The van der Waals surface area contributed by atoms with Crippen LogP contribution in [0.25, 0.3) is 5.69 Å². The van der Waals surface area contributed by atoms with Crippen molar-refractivity contribution in [2.24, 2.45) is 0 Å². The van der Waals surface area contributed by atoms with Gasteiger partial charge in [-0.05, 0) is 71.1 Å². The highest BCUT2D eigenvalue weighted by atomic mass is 16.1. The van der Waals surface area contributed by atoms with Crippen molar-refractivity contribution in [1.29, 1.82) is 0 Å². The van der Waals surface area contributed by atoms with Crippen LogP contribution in [-0.4, -0.2) is 59.9 Å². The summed E-state index contributed by atoms with van der Waals surface area (Å²) < 4.78 is 2.13. The number of nitrogen functional groups attached to an aromatic ring is 1. The van der Waals surface area contributed by atoms with Gasteiger partial charge in [0.05, 0.1) is 6.54 Å². The van der Waals surface area contributed by atoms with Crippen LogP contribution < -0.4 is 5.73 Å². The summed E-state index contributed by atoms with van der Waals surface area (Å²) in [4.78, 5) is 17.5. The summed E-state index contributed by atoms with van der Waals surface area (Å²) in [5.41, 5.74) is 10.5. The molecule has 0 spiro atoms. The maximum atomic E-state index is 12.9. The second kappa shape index (κ2) is 7.64. The molecular weight excluding hydrogens is 324 g/mol. The Morgan fingerprint density at radius 2 is 1.77 bits per heavy atom. The van der Waals surface area contributed by atoms with E-state index >= 15 is 0 Å². The number of piperidine rings is 1. The van der Waals surface area contributed by atoms with Gasteiger partial charge in [0.25, 0.3) is 0 Å². The number of aryl methyl sites for hydroxylation is 1. The van der Waals surface area contributed by atoms with Crippen molar-refractivity contribution in [3.05, 3.63) is 47.3 Å². The Kier molecular flexibility index (Phi) is 5.49. The van der Waals surface area contributed by atoms with Gasteiger partial charge in [0, 0.05) is 47.5 Å². The third kappa shape index (κ3) is 3.84. The minimum Gasteiger partial charge on any atom is -0.399 e. The molecule has 0 radical (unpaired) electrons. The molecule has 0 unspecified atom stereocenters. The molecule has 0 atom stereocenters. The summed E-state index contributed by atoms with van der Waals surface area (Å²) in [6, 6.07) is 10.4. The van der Waals surface area contributed by atoms with Crippen LogP contribution in [0.3, 0.4) is 0 Å². The molecule has 1 aromatic heterocycles. The zero-order valence-electron chi connectivity index (χ0n) is 16.3. The number of benzene rings is 1. The molecule has 5 nitrogen and oxygen atoms in total. The summed E-state index contributed by atoms with van der Waals surface area (Å²) in [5.74, 6) is 0.211. The summed E-state index contributed by atoms with van der Waals surface area (Å²) in [6.45, 7) is 6.56. The third-order valence-electron chi connectivity index (χ3n) is 5.54. The van der Waals surface area contributed by atoms with E-state index in [1.54, 1.807) is 0 Å². The Morgan fingerprint density at radius 1 is 1.15 bits per heavy atom. The monoisotopic (exact) mass is 354 g/mol. The number of nitrogens with zero attached hydrogens (tertiary/aromatic N) is 3. The second-order valence-corrected chi connectivity index (χ2v) is 7.61. The maximum absolute atomic E-state index is 12.9. The molecule has 2 N–H and O–H groups in total. The molecule has 140 valence electrons. The quantitative estimate of drug-likeness (QED) is 0.663. The number of nitrogens with two attached hydrogens (primary N) is 1. The molecule has 1 aliphatic heterocycles. The lowest BCUT2D eigenvalue weighted by molar-refractivity contribution is 0.0873. The first-order valence-corrected chi connectivity index (χ1v) is 9.33. The molecule has 1 aromatic carbocycles. The average Bonchev–Trinajstić information content (AvgIpc) is 2.91. The molecule has 26 heavy (non-hydrogen) atoms. The molecule has 1 saturated heterocycles. The van der Waals surface area contributed by atoms with Gasteiger partial charge < -0.3 is 15.2 Å². The summed E-state index contributed by atoms with van der Waals surface area (Å²) in [5, 5.41) is 0. The van der Waals surface area contributed by atoms with Gasteiger partial charge in [-0.1, -0.05) is 0 Å². The van der Waals surface area contributed by atoms with E-state index in [9.17, 15) is 4.79 Å². The van der Waals surface area contributed by atoms with Crippen molar-refractivity contribution in [2.45, 2.75) is 32.7 Å². The highest BCUT2D eigenvalue weighted by molar-refractivity contribution is 5.99. The van der Waals surface area contributed by atoms with Gasteiger partial charge in [0.1, 0.15) is 0 Å². The topological polar surface area (TPSA) is 54.5 Å². The van der Waals surface area contributed by atoms with Gasteiger partial charge in [-0.15, -0.1) is 0 Å². The standard InChI is InChI=1S/C21H30N4O/c1-15-13-20(16(2)25(15)19-7-5-17(22)6-8-19)21(26)14-24-11-9-18(10-12-24)23(3)4/h5-8,13,18H,9-12,14,22H2,1-4H3. The normalized spacial score (nSPS) is 16.3. The van der Waals surface area contributed by atoms with Crippen LogP contribution in [-0.2, 0) is 0 Å². The van der Waals surface area contributed by atoms with Crippen LogP contribution in [0.1, 0.15) is 34.6 Å². The molecule has 1 aliphatic rings. The van der Waals surface area contributed by atoms with Gasteiger partial charge in [0.15, 0.2) is 5.78 Å². The van der Waals surface area contributed by atoms with Crippen molar-refractivity contribution >= 4 is 11.5 Å². The number of hydrogen-bond acceptors (Lipinski definition) is 4. The molecule has 2 aromatic rings. The van der Waals surface area contributed by atoms with Gasteiger partial charge >= 0.3 is 0 Å². The first kappa shape index (κ1) is 18.7. The number of rotatable bonds is 5. The van der Waals surface area contributed by atoms with Gasteiger partial charge in [0.2, 0.25) is 0 Å². The number of carbonyl (C=O) groups is 1. The predicted octanol–water partition coefficient (Wildman–Crippen LogP) is 2.89. The Bertz CT molecular complexity index is 768. The first-order valence-electron chi connectivity index (χ1n) is 9.33. The fourth-order valence-electron chi connectivity index (χ4n) is 3.95. The average molecular weight is 354 g/mol. The van der Waals surface area contributed by atoms with Gasteiger partial charge in [-0.2, -0.15) is 0 Å². The van der Waals surface area contributed by atoms with Crippen molar-refractivity contribution in [3.8, 4) is 5.69 Å². The van der Waals surface area contributed by atoms with Crippen molar-refractivity contribution in [1.82, 2.24) is 14.4 Å². The number of aromatic nitrogens is 1. The van der Waals surface area contributed by atoms with Gasteiger partial charge in [-0.3, -0.25) is 9.69 Å². The molecule has 1 fully saturated rings. The SMILES string of the molecule is Cc1cc(C(=O)CN2CCC(N(C)C)CC2)c(C)n1-c1ccc(N)cc1. The number of hydrogen-bond donors (Lipinski definition) is 1. The molecular formula is C21H30N4O. The van der Waals surface area contributed by atoms with E-state index in [-0.39, 0.29) is 5.78 Å². The number of anilines is 1. The number of ketones is 1. The van der Waals surface area contributed by atoms with Crippen LogP contribution in [0.15, 0.2) is 30.3 Å². The zero-order chi connectivity index (χ0) is 18.8. The van der Waals surface area contributed by atoms with Crippen LogP contribution in [0.2, 0.25) is 0 Å². The summed E-state index contributed by atoms with van der Waals surface area (Å²) in [7, 11) is 4.27. The fourth-order valence-corrected chi connectivity index (χ4v) is 3.95. The zero-order valence-corrected chi connectivity index (χ0v) is 16.3. The van der Waals surface area contributed by atoms with E-state index in [2.05, 4.69) is 28.5 Å². The summed E-state index contributed by atoms with van der Waals surface area (Å²) >= 11 is 0. The lowest BCUT2D eigenvalue weighted by atomic mass is 10.0. The predicted molar refractivity (Wildman–Crippen MR) is 107 cm³/mol. The van der Waals surface area contributed by atoms with Crippen molar-refractivity contribution < 1.29 is 4.79 Å². The Labute approximate surface area is 156 Å². The van der Waals surface area contributed by atoms with Crippen LogP contribution >= 0.6 is 0 Å². The summed E-state index contributed by atoms with van der Waals surface area (Å²) in [6.07, 6.45) is 2.26. The van der Waals surface area contributed by atoms with Gasteiger partial charge in [-0.25, -0.2) is 0 Å². The molecule has 5 heteroatoms. The van der Waals surface area contributed by atoms with E-state index in [4.69, 9.17) is 5.73 Å². The fraction of sp³-hybridized carbons (Fsp3) is 0.476. The third-order valence-corrected chi connectivity index (χ3v) is 5.54. The first-order chi connectivity index (χ1) is 12.4. The molecule has 3 rings (SSSR count). The van der Waals surface area contributed by atoms with Crippen LogP contribution in [0.4, 0.5) is 5.69 Å². The number of Topliss-reactive ketones (excluding diaryl/α,β-unsaturated/α-hetero) is 1. The van der Waals surface area contributed by atoms with E-state index in [0.29, 0.717) is 12.6 Å². The molecule has 2 heterocycles. The van der Waals surface area contributed by atoms with Crippen molar-refractivity contribution in [3.63, 3.8) is 0 Å². The highest BCUT2D eigenvalue weighted by Gasteiger charge is 2.24. The van der Waals surface area contributed by atoms with Crippen molar-refractivity contribution in [2.75, 3.05) is 39.5 Å². The molecule has 0 saturated carbocycles. The smallest absolute Gasteiger partial charge is 0.178 e. The maximum Gasteiger partial charge on any atom is 0.178 e. The highest BCUT2D eigenvalue weighted by Crippen LogP contribution is 2.23. The number of carbonyl (C=O) groups excluding carboxylic acids is 1. The lowest BCUT2D eigenvalue weighted by Crippen LogP contribution is -2.43. The van der Waals surface area contributed by atoms with Crippen LogP contribution in [0, 0.1) is 13.8 Å². The molecule has 0 bridgehead atoms. The molecule has 0 aliphatic carbocycles. The number of likely N-dealkylation sites (tertiary alicyclic amines) is 1. The second-order valence-electron chi connectivity index (χ2n) is 7.61. The van der Waals surface area contributed by atoms with E-state index in [1.165, 1.54) is 0 Å². The Morgan fingerprint density at radius 3 is 2.35 bits per heavy atom. The largest absolute Gasteiger partial charge is 0.399 e. The molecule has 0 amide bonds. The Hall–Kier alpha value is -2.11. The Balaban J connectivity index is 1.73. The lowest BCUT2D eigenvalue weighted by Gasteiger charge is -2.34. The van der Waals surface area contributed by atoms with E-state index in [0.717, 1.165) is 54.3 Å². The minimum absolute atomic E-state index is 0.211. The minimum atomic E-state index is 0.211. The van der Waals surface area contributed by atoms with Crippen LogP contribution in [0.5, 0.6) is 0 Å². The van der Waals surface area contributed by atoms with E-state index < -0.39 is 0 Å². The van der Waals surface area contributed by atoms with E-state index in [1.807, 2.05) is 44.2 Å².